The summed E-state index contributed by atoms with van der Waals surface area (Å²) in [4.78, 5) is 21.2. The molecule has 21 nitrogen and oxygen atoms in total. The van der Waals surface area contributed by atoms with Gasteiger partial charge in [0.1, 0.15) is 25.2 Å². The Morgan fingerprint density at radius 2 is 0.962 bits per heavy atom. The highest BCUT2D eigenvalue weighted by Gasteiger charge is 2.25. The minimum atomic E-state index is -1.46. The first kappa shape index (κ1) is 61.9. The molecule has 79 heavy (non-hydrogen) atoms. The predicted octanol–water partition coefficient (Wildman–Crippen LogP) is 1.72. The Hall–Kier alpha value is -3.18. The monoisotopic (exact) mass is 1190 g/mol. The number of hydrogen-bond donors (Lipinski definition) is 1. The molecule has 23 rings (SSSR count). The van der Waals surface area contributed by atoms with Gasteiger partial charge in [-0.3, -0.25) is 5.43 Å². The van der Waals surface area contributed by atoms with Crippen molar-refractivity contribution in [3.05, 3.63) is 161 Å². The van der Waals surface area contributed by atoms with Crippen LogP contribution in [0.15, 0.2) is 133 Å². The third-order valence-corrected chi connectivity index (χ3v) is 20.4. The minimum absolute atomic E-state index is 0.403. The third-order valence-electron chi connectivity index (χ3n) is 13.1. The highest BCUT2D eigenvalue weighted by atomic mass is 27.3. The number of anilines is 3. The van der Waals surface area contributed by atoms with Gasteiger partial charge in [0.05, 0.1) is 11.4 Å². The van der Waals surface area contributed by atoms with Crippen LogP contribution >= 0.6 is 0 Å². The van der Waals surface area contributed by atoms with Crippen LogP contribution in [0, 0.1) is 0 Å². The van der Waals surface area contributed by atoms with Crippen molar-refractivity contribution < 1.29 is 33.1 Å². The van der Waals surface area contributed by atoms with Gasteiger partial charge in [-0.05, 0) is 30.5 Å². The van der Waals surface area contributed by atoms with Crippen molar-refractivity contribution in [1.82, 2.24) is 40.8 Å². The quantitative estimate of drug-likeness (QED) is 0.115. The van der Waals surface area contributed by atoms with Crippen LogP contribution in [-0.4, -0.2) is 210 Å². The van der Waals surface area contributed by atoms with Gasteiger partial charge in [0.2, 0.25) is 29.5 Å². The molecule has 2 aromatic heterocycles. The standard InChI is InChI=1S/C33H38N8O4.C16H10N4O4.CH2.8Al.O.12H/c1-6-18-40(8-3)32-34-31(35-33(36-32)41(9-4)19-7-2)39(5)21-26-20-27(22-10-14-24(15-11-22)29(42)43)37-38-28(26)23-12-16-25(17-13-23)30(44)45;21-15(22)11-5-1-9(2-6-11)13-17-19-14(20-18-13)10-3-7-12(8-4-10)16(23)24;;;;;;;;;;;;;;;;;;;;;;/h6-7,10-17,29-30,38H,1-2,8-9,18-21H2,3-5H3;1-8,15-16H;1H2;;;;;;;;;;;;;;;;;;;;;/q2*-4;;8*+1;;;;;;;;;;;;;. The van der Waals surface area contributed by atoms with E-state index in [4.69, 9.17) is 53.2 Å². The van der Waals surface area contributed by atoms with Crippen LogP contribution in [0.1, 0.15) is 78.8 Å². The molecule has 6 aromatic rings. The van der Waals surface area contributed by atoms with Crippen LogP contribution in [-0.2, 0) is 33.1 Å². The van der Waals surface area contributed by atoms with Gasteiger partial charge in [-0.25, -0.2) is 0 Å². The fraction of sp³-hybridized carbons (Fsp3) is 0.280. The summed E-state index contributed by atoms with van der Waals surface area (Å²) in [5.41, 5.74) is 13.4. The van der Waals surface area contributed by atoms with Gasteiger partial charge in [-0.2, -0.15) is 20.1 Å². The van der Waals surface area contributed by atoms with E-state index >= 15 is 0 Å². The molecule has 4 atom stereocenters. The fourth-order valence-corrected chi connectivity index (χ4v) is 16.4. The number of hydrazone groups is 1. The lowest BCUT2D eigenvalue weighted by atomic mass is 9.95. The van der Waals surface area contributed by atoms with Crippen LogP contribution in [0.2, 0.25) is 4.14 Å². The molecule has 19 heterocycles. The summed E-state index contributed by atoms with van der Waals surface area (Å²) < 4.78 is 55.9. The Balaban J connectivity index is 1.06. The first-order valence-electron chi connectivity index (χ1n) is 26.1. The summed E-state index contributed by atoms with van der Waals surface area (Å²) in [6.45, 7) is 15.2. The van der Waals surface area contributed by atoms with E-state index in [2.05, 4.69) is 104 Å². The summed E-state index contributed by atoms with van der Waals surface area (Å²) in [5.74, 6) is 2.52. The van der Waals surface area contributed by atoms with Crippen LogP contribution in [0.3, 0.4) is 0 Å². The number of nitrogens with zero attached hydrogens (tertiary/aromatic N) is 11. The maximum absolute atomic E-state index is 6.47. The Bertz CT molecular complexity index is 2950. The van der Waals surface area contributed by atoms with Crippen LogP contribution in [0.25, 0.3) is 28.5 Å². The molecule has 0 spiro atoms. The van der Waals surface area contributed by atoms with Gasteiger partial charge in [-0.1, -0.05) is 113 Å². The van der Waals surface area contributed by atoms with E-state index < -0.39 is 88.0 Å². The molecular weight excluding hydrogens is 1130 g/mol. The summed E-state index contributed by atoms with van der Waals surface area (Å²) in [5, 5.41) is 22.6. The number of benzene rings is 4. The van der Waals surface area contributed by atoms with Crippen molar-refractivity contribution in [3.63, 3.8) is 0 Å². The summed E-state index contributed by atoms with van der Waals surface area (Å²) in [7, 11) is 2.01. The maximum atomic E-state index is 6.47. The van der Waals surface area contributed by atoms with Crippen molar-refractivity contribution >= 4 is 159 Å². The molecule has 0 aliphatic carbocycles. The van der Waals surface area contributed by atoms with Crippen molar-refractivity contribution in [2.24, 2.45) is 5.10 Å². The Kier molecular flexibility index (Phi) is 25.1. The molecule has 17 aliphatic rings. The highest BCUT2D eigenvalue weighted by molar-refractivity contribution is 6.48. The zero-order valence-electron chi connectivity index (χ0n) is 46.0. The first-order valence-corrected chi connectivity index (χ1v) is 34.8. The van der Waals surface area contributed by atoms with Crippen LogP contribution in [0.4, 0.5) is 17.8 Å². The SMILES string of the molecule is C=CCN(CC)c1nc(N(C)CC2=C3NN=C(C2)c2ccc(cc2)C([O][AlH2])[O][AlH][O][AlH][O]C([O][AlH2])c2ccc(cc2)-c2nnc(nn2)-c2ccc(cc2)C([O][AlH2])[O][AlH][CH2][AlH][O]C([O][AlH2])c2ccc3cc2)nc(N(CC)CC=C)n1. The molecule has 0 saturated carbocycles. The lowest BCUT2D eigenvalue weighted by Crippen LogP contribution is -2.32. The molecule has 0 saturated heterocycles. The van der Waals surface area contributed by atoms with Crippen molar-refractivity contribution in [1.29, 1.82) is 0 Å². The number of likely N-dealkylation sites (N-methyl/N-ethyl adjacent to an activating group) is 3. The second kappa shape index (κ2) is 32.0. The zero-order chi connectivity index (χ0) is 55.5. The summed E-state index contributed by atoms with van der Waals surface area (Å²) in [6.07, 6.45) is 2.23. The van der Waals surface area contributed by atoms with Crippen LogP contribution < -0.4 is 20.1 Å². The molecule has 4 unspecified atom stereocenters. The second-order valence-electron chi connectivity index (χ2n) is 18.2. The molecule has 400 valence electrons. The normalized spacial score (nSPS) is 18.0. The van der Waals surface area contributed by atoms with Gasteiger partial charge in [0.25, 0.3) is 0 Å². The Labute approximate surface area is 520 Å². The van der Waals surface area contributed by atoms with E-state index in [0.29, 0.717) is 135 Å². The van der Waals surface area contributed by atoms with Crippen molar-refractivity contribution in [2.75, 3.05) is 54.5 Å². The molecule has 0 amide bonds. The van der Waals surface area contributed by atoms with Gasteiger partial charge in [0.15, 0.2) is 0 Å². The number of nitrogens with one attached hydrogen (secondary N) is 1. The topological polar surface area (TPSA) is 207 Å². The van der Waals surface area contributed by atoms with Crippen molar-refractivity contribution in [3.8, 4) is 22.8 Å². The van der Waals surface area contributed by atoms with Gasteiger partial charge >= 0.3 is 129 Å². The lowest BCUT2D eigenvalue weighted by molar-refractivity contribution is -0.00992. The van der Waals surface area contributed by atoms with E-state index in [1.807, 2.05) is 79.9 Å². The van der Waals surface area contributed by atoms with Gasteiger partial charge in [0, 0.05) is 79.6 Å². The number of rotatable bonds is 15. The van der Waals surface area contributed by atoms with Crippen LogP contribution in [0.5, 0.6) is 0 Å². The summed E-state index contributed by atoms with van der Waals surface area (Å²) >= 11 is -2.91. The highest BCUT2D eigenvalue weighted by Crippen LogP contribution is 2.31. The zero-order valence-corrected chi connectivity index (χ0v) is 59.6. The number of hydrogen-bond acceptors (Lipinski definition) is 21. The Morgan fingerprint density at radius 3 is 1.37 bits per heavy atom. The molecule has 0 fully saturated rings. The molecule has 0 radical (unpaired) electrons. The molecule has 12 bridgehead atoms. The van der Waals surface area contributed by atoms with E-state index in [1.165, 1.54) is 0 Å². The Morgan fingerprint density at radius 1 is 0.570 bits per heavy atom. The smallest absolute Gasteiger partial charge is 0.597 e. The third kappa shape index (κ3) is 16.8. The van der Waals surface area contributed by atoms with E-state index in [-0.39, 0.29) is 0 Å². The minimum Gasteiger partial charge on any atom is -0.597 e. The lowest BCUT2D eigenvalue weighted by Gasteiger charge is -2.28. The molecule has 4 aromatic carbocycles. The first-order chi connectivity index (χ1) is 38.7. The molecule has 29 heteroatoms. The summed E-state index contributed by atoms with van der Waals surface area (Å²) in [6, 6.07) is 32.0. The fourth-order valence-electron chi connectivity index (χ4n) is 8.85. The molecule has 17 aliphatic heterocycles. The van der Waals surface area contributed by atoms with E-state index in [9.17, 15) is 0 Å². The molecule has 1 N–H and O–H groups in total. The average Bonchev–Trinajstić information content (AvgIpc) is 3.53. The predicted molar refractivity (Wildman–Crippen MR) is 320 cm³/mol. The van der Waals surface area contributed by atoms with Gasteiger partial charge in [-0.15, -0.1) is 33.6 Å². The second-order valence-corrected chi connectivity index (χ2v) is 27.2. The maximum Gasteiger partial charge on any atom is 0.622 e. The largest absolute Gasteiger partial charge is 0.622 e. The number of aromatic nitrogens is 7. The van der Waals surface area contributed by atoms with E-state index in [0.717, 1.165) is 65.6 Å². The van der Waals surface area contributed by atoms with E-state index in [1.54, 1.807) is 0 Å². The molecular formula is C50H62Al8N12O9. The average molecular weight is 1190 g/mol. The van der Waals surface area contributed by atoms with Gasteiger partial charge < -0.3 is 47.8 Å². The van der Waals surface area contributed by atoms with Crippen molar-refractivity contribution in [2.45, 2.75) is 49.6 Å².